The van der Waals surface area contributed by atoms with Gasteiger partial charge < -0.3 is 38.1 Å². The third-order valence-electron chi connectivity index (χ3n) is 9.86. The number of nitrogens with zero attached hydrogens (tertiary/aromatic N) is 1. The molecule has 13 unspecified atom stereocenters. The highest BCUT2D eigenvalue weighted by molar-refractivity contribution is 5.91. The fraction of sp³-hybridized carbons (Fsp3) is 0.800. The molecule has 0 aromatic rings. The van der Waals surface area contributed by atoms with Crippen molar-refractivity contribution in [3.8, 4) is 0 Å². The molecule has 0 aromatic heterocycles. The zero-order valence-electron chi connectivity index (χ0n) is 29.6. The molecule has 0 bridgehead atoms. The molecule has 0 radical (unpaired) electrons. The van der Waals surface area contributed by atoms with Crippen LogP contribution in [0.25, 0.3) is 0 Å². The van der Waals surface area contributed by atoms with Crippen LogP contribution >= 0.6 is 0 Å². The maximum absolute atomic E-state index is 13.5. The minimum Gasteiger partial charge on any atom is -0.462 e. The van der Waals surface area contributed by atoms with Gasteiger partial charge in [0.1, 0.15) is 24.1 Å². The normalized spacial score (nSPS) is 40.2. The van der Waals surface area contributed by atoms with Crippen molar-refractivity contribution in [2.24, 2.45) is 23.7 Å². The SMILES string of the molecule is CCC1OC(=O)CC(OC(C)=O)C(C)C(OC2OC(C)CC(N(C)C)C2OC(C)=O)C(CC=O)CC(C)C(=O)C=CC2(C)OC2C1C. The summed E-state index contributed by atoms with van der Waals surface area (Å²) >= 11 is 0. The average Bonchev–Trinajstić information content (AvgIpc) is 3.67. The van der Waals surface area contributed by atoms with Gasteiger partial charge in [0.2, 0.25) is 0 Å². The van der Waals surface area contributed by atoms with Crippen LogP contribution in [0.2, 0.25) is 0 Å². The van der Waals surface area contributed by atoms with Gasteiger partial charge in [-0.1, -0.05) is 27.7 Å². The number of allylic oxidation sites excluding steroid dienone is 1. The molecule has 0 spiro atoms. The van der Waals surface area contributed by atoms with Crippen molar-refractivity contribution in [1.29, 1.82) is 0 Å². The van der Waals surface area contributed by atoms with Crippen LogP contribution in [0.15, 0.2) is 12.2 Å². The van der Waals surface area contributed by atoms with Gasteiger partial charge in [0.25, 0.3) is 0 Å². The van der Waals surface area contributed by atoms with Gasteiger partial charge in [-0.3, -0.25) is 19.2 Å². The minimum atomic E-state index is -1.05. The number of rotatable bonds is 8. The zero-order chi connectivity index (χ0) is 35.2. The minimum absolute atomic E-state index is 0.0174. The second-order valence-corrected chi connectivity index (χ2v) is 14.0. The van der Waals surface area contributed by atoms with Gasteiger partial charge in [-0.15, -0.1) is 0 Å². The summed E-state index contributed by atoms with van der Waals surface area (Å²) in [6.07, 6.45) is 0.457. The maximum atomic E-state index is 13.5. The molecule has 47 heavy (non-hydrogen) atoms. The van der Waals surface area contributed by atoms with E-state index in [0.717, 1.165) is 6.29 Å². The summed E-state index contributed by atoms with van der Waals surface area (Å²) in [6.45, 7) is 13.8. The molecule has 13 atom stereocenters. The lowest BCUT2D eigenvalue weighted by molar-refractivity contribution is -0.286. The van der Waals surface area contributed by atoms with E-state index in [9.17, 15) is 24.0 Å². The smallest absolute Gasteiger partial charge is 0.309 e. The lowest BCUT2D eigenvalue weighted by Crippen LogP contribution is -2.57. The number of ketones is 1. The molecule has 12 heteroatoms. The Balaban J connectivity index is 2.10. The molecule has 266 valence electrons. The van der Waals surface area contributed by atoms with Crippen molar-refractivity contribution >= 4 is 30.0 Å². The molecule has 2 fully saturated rings. The van der Waals surface area contributed by atoms with Crippen LogP contribution in [0.4, 0.5) is 0 Å². The van der Waals surface area contributed by atoms with Crippen molar-refractivity contribution in [3.63, 3.8) is 0 Å². The molecule has 0 aliphatic carbocycles. The van der Waals surface area contributed by atoms with Crippen LogP contribution < -0.4 is 0 Å². The quantitative estimate of drug-likeness (QED) is 0.161. The van der Waals surface area contributed by atoms with E-state index in [4.69, 9.17) is 28.4 Å². The van der Waals surface area contributed by atoms with E-state index in [1.165, 1.54) is 19.9 Å². The summed E-state index contributed by atoms with van der Waals surface area (Å²) in [4.78, 5) is 65.6. The van der Waals surface area contributed by atoms with E-state index >= 15 is 0 Å². The number of hydrogen-bond acceptors (Lipinski definition) is 12. The monoisotopic (exact) mass is 665 g/mol. The van der Waals surface area contributed by atoms with Gasteiger partial charge in [-0.2, -0.15) is 0 Å². The Morgan fingerprint density at radius 1 is 1.02 bits per heavy atom. The summed E-state index contributed by atoms with van der Waals surface area (Å²) in [5.41, 5.74) is -0.682. The van der Waals surface area contributed by atoms with Crippen LogP contribution in [0.3, 0.4) is 0 Å². The number of esters is 3. The highest BCUT2D eigenvalue weighted by atomic mass is 16.7. The Labute approximate surface area is 279 Å². The first-order chi connectivity index (χ1) is 22.0. The van der Waals surface area contributed by atoms with Crippen LogP contribution in [-0.2, 0) is 52.4 Å². The van der Waals surface area contributed by atoms with Gasteiger partial charge in [0, 0.05) is 38.0 Å². The van der Waals surface area contributed by atoms with Gasteiger partial charge in [0.15, 0.2) is 18.2 Å². The van der Waals surface area contributed by atoms with E-state index in [1.54, 1.807) is 19.9 Å². The molecule has 2 saturated heterocycles. The van der Waals surface area contributed by atoms with Gasteiger partial charge in [0.05, 0.1) is 30.8 Å². The molecule has 3 rings (SSSR count). The Hall–Kier alpha value is -2.67. The van der Waals surface area contributed by atoms with E-state index in [-0.39, 0.29) is 49.2 Å². The predicted octanol–water partition coefficient (Wildman–Crippen LogP) is 3.81. The number of hydrogen-bond donors (Lipinski definition) is 0. The van der Waals surface area contributed by atoms with Crippen molar-refractivity contribution in [2.75, 3.05) is 14.1 Å². The second-order valence-electron chi connectivity index (χ2n) is 14.0. The molecule has 0 aromatic carbocycles. The van der Waals surface area contributed by atoms with Crippen molar-refractivity contribution in [2.45, 2.75) is 142 Å². The molecule has 3 aliphatic heterocycles. The van der Waals surface area contributed by atoms with Gasteiger partial charge in [-0.25, -0.2) is 0 Å². The van der Waals surface area contributed by atoms with Gasteiger partial charge in [-0.05, 0) is 65.3 Å². The van der Waals surface area contributed by atoms with Gasteiger partial charge >= 0.3 is 17.9 Å². The largest absolute Gasteiger partial charge is 0.462 e. The highest BCUT2D eigenvalue weighted by Gasteiger charge is 2.55. The van der Waals surface area contributed by atoms with Crippen LogP contribution in [-0.4, -0.2) is 104 Å². The number of ether oxygens (including phenoxy) is 6. The Bertz CT molecular complexity index is 1160. The van der Waals surface area contributed by atoms with E-state index < -0.39 is 72.0 Å². The number of fused-ring (bicyclic) bond motifs is 1. The third kappa shape index (κ3) is 10.2. The lowest BCUT2D eigenvalue weighted by Gasteiger charge is -2.45. The standard InChI is InChI=1S/C35H55NO11/c1-11-28-22(5)33-35(8,47-33)14-12-27(40)19(2)16-25(13-15-37)31(21(4)29(43-23(6)38)18-30(41)45-28)46-34-32(44-24(7)39)26(36(9)10)17-20(3)42-34/h12,14-15,19-22,25-26,28-29,31-34H,11,13,16-18H2,1-10H3. The summed E-state index contributed by atoms with van der Waals surface area (Å²) in [5.74, 6) is -3.69. The number of aldehydes is 1. The summed E-state index contributed by atoms with van der Waals surface area (Å²) in [7, 11) is 3.76. The topological polar surface area (TPSA) is 147 Å². The maximum Gasteiger partial charge on any atom is 0.309 e. The average molecular weight is 666 g/mol. The van der Waals surface area contributed by atoms with E-state index in [2.05, 4.69) is 0 Å². The first-order valence-corrected chi connectivity index (χ1v) is 16.9. The molecule has 0 amide bonds. The molecule has 3 aliphatic rings. The molecular formula is C35H55NO11. The molecule has 12 nitrogen and oxygen atoms in total. The lowest BCUT2D eigenvalue weighted by atomic mass is 9.79. The molecule has 0 N–H and O–H groups in total. The Kier molecular flexibility index (Phi) is 13.7. The first-order valence-electron chi connectivity index (χ1n) is 16.9. The Morgan fingerprint density at radius 3 is 2.26 bits per heavy atom. The molecular weight excluding hydrogens is 610 g/mol. The number of carbonyl (C=O) groups excluding carboxylic acids is 5. The number of cyclic esters (lactones) is 1. The number of carbonyl (C=O) groups is 5. The van der Waals surface area contributed by atoms with Crippen LogP contribution in [0.5, 0.6) is 0 Å². The van der Waals surface area contributed by atoms with Crippen LogP contribution in [0, 0.1) is 23.7 Å². The van der Waals surface area contributed by atoms with Crippen LogP contribution in [0.1, 0.15) is 87.5 Å². The molecule has 3 heterocycles. The predicted molar refractivity (Wildman–Crippen MR) is 171 cm³/mol. The third-order valence-corrected chi connectivity index (χ3v) is 9.86. The zero-order valence-corrected chi connectivity index (χ0v) is 29.6. The second kappa shape index (κ2) is 16.6. The van der Waals surface area contributed by atoms with E-state index in [0.29, 0.717) is 12.8 Å². The summed E-state index contributed by atoms with van der Waals surface area (Å²) < 4.78 is 36.4. The first kappa shape index (κ1) is 38.8. The van der Waals surface area contributed by atoms with Crippen molar-refractivity contribution in [3.05, 3.63) is 12.2 Å². The van der Waals surface area contributed by atoms with E-state index in [1.807, 2.05) is 46.7 Å². The molecule has 0 saturated carbocycles. The fourth-order valence-electron chi connectivity index (χ4n) is 7.15. The Morgan fingerprint density at radius 2 is 1.68 bits per heavy atom. The van der Waals surface area contributed by atoms with Crippen molar-refractivity contribution < 1.29 is 52.4 Å². The number of epoxide rings is 1. The fourth-order valence-corrected chi connectivity index (χ4v) is 7.15. The van der Waals surface area contributed by atoms with Crippen molar-refractivity contribution in [1.82, 2.24) is 4.90 Å². The summed E-state index contributed by atoms with van der Waals surface area (Å²) in [6, 6.07) is -0.244. The highest BCUT2D eigenvalue weighted by Crippen LogP contribution is 2.45. The summed E-state index contributed by atoms with van der Waals surface area (Å²) in [5, 5.41) is 0. The number of likely N-dealkylation sites (N-methyl/N-ethyl adjacent to an activating group) is 1.